The van der Waals surface area contributed by atoms with Crippen molar-refractivity contribution in [2.75, 3.05) is 34.4 Å². The van der Waals surface area contributed by atoms with Crippen LogP contribution in [0.5, 0.6) is 0 Å². The molecule has 0 saturated carbocycles. The van der Waals surface area contributed by atoms with Gasteiger partial charge in [0.2, 0.25) is 0 Å². The topological polar surface area (TPSA) is 127 Å². The van der Waals surface area contributed by atoms with Crippen LogP contribution in [-0.4, -0.2) is 13.1 Å². The first kappa shape index (κ1) is 34.2. The molecule has 0 radical (unpaired) electrons. The molecule has 236 valence electrons. The molecule has 2 heterocycles. The number of hydrogen-bond donors (Lipinski definition) is 2. The average molecular weight is 609 g/mol. The molecule has 0 aromatic heterocycles. The number of aryl methyl sites for hydroxylation is 3. The van der Waals surface area contributed by atoms with Gasteiger partial charge in [-0.3, -0.25) is 19.2 Å². The van der Waals surface area contributed by atoms with E-state index < -0.39 is 34.2 Å². The van der Waals surface area contributed by atoms with Crippen molar-refractivity contribution in [3.63, 3.8) is 0 Å². The van der Waals surface area contributed by atoms with Crippen molar-refractivity contribution in [2.45, 2.75) is 79.7 Å². The third-order valence-electron chi connectivity index (χ3n) is 7.83. The molecule has 0 saturated heterocycles. The van der Waals surface area contributed by atoms with E-state index in [9.17, 15) is 28.0 Å². The monoisotopic (exact) mass is 608 g/mol. The van der Waals surface area contributed by atoms with Crippen LogP contribution in [0.4, 0.5) is 37.2 Å². The highest BCUT2D eigenvalue weighted by Crippen LogP contribution is 2.39. The average Bonchev–Trinajstić information content (AvgIpc) is 3.06. The Morgan fingerprint density at radius 3 is 1.86 bits per heavy atom. The predicted molar refractivity (Wildman–Crippen MR) is 176 cm³/mol. The van der Waals surface area contributed by atoms with E-state index in [4.69, 9.17) is 11.5 Å². The van der Waals surface area contributed by atoms with Gasteiger partial charge in [-0.05, 0) is 54.0 Å². The van der Waals surface area contributed by atoms with E-state index in [0.29, 0.717) is 11.3 Å². The SMILES string of the molecule is CC.CC.CCc1ccc2c(c1)CN(c1c(N)c(=O)c1=O)CC2(F)F.CCc1ccc2c(c1)N(c1c(N)c(=O)c1=O)CCC2. The van der Waals surface area contributed by atoms with Crippen LogP contribution in [0.3, 0.4) is 0 Å². The Kier molecular flexibility index (Phi) is 10.8. The van der Waals surface area contributed by atoms with Crippen LogP contribution in [0.25, 0.3) is 0 Å². The van der Waals surface area contributed by atoms with Crippen molar-refractivity contribution in [1.82, 2.24) is 0 Å². The van der Waals surface area contributed by atoms with Crippen LogP contribution in [0, 0.1) is 0 Å². The quantitative estimate of drug-likeness (QED) is 0.307. The van der Waals surface area contributed by atoms with Crippen molar-refractivity contribution in [2.24, 2.45) is 0 Å². The third-order valence-corrected chi connectivity index (χ3v) is 7.83. The lowest BCUT2D eigenvalue weighted by Crippen LogP contribution is -2.48. The maximum Gasteiger partial charge on any atom is 0.290 e. The summed E-state index contributed by atoms with van der Waals surface area (Å²) in [6, 6.07) is 11.2. The number of anilines is 5. The molecule has 6 rings (SSSR count). The van der Waals surface area contributed by atoms with Gasteiger partial charge in [0.05, 0.1) is 6.54 Å². The molecule has 4 aromatic rings. The van der Waals surface area contributed by atoms with Gasteiger partial charge in [0.25, 0.3) is 27.6 Å². The molecular weight excluding hydrogens is 566 g/mol. The van der Waals surface area contributed by atoms with Crippen molar-refractivity contribution in [1.29, 1.82) is 0 Å². The number of nitrogens with two attached hydrogens (primary N) is 2. The standard InChI is InChI=1S/C15H14F2N2O2.C15H16N2O2.2C2H6/c1-2-8-3-4-10-9(5-8)6-19(7-15(10,16)17)12-11(18)13(20)14(12)21;1-2-9-5-6-10-4-3-7-17(11(10)8-9)13-12(16)14(18)15(13)19;2*1-2/h3-5H,2,6-7,18H2,1H3;5-6,8H,2-4,7,16H2,1H3;2*1-2H3. The first-order chi connectivity index (χ1) is 21.0. The van der Waals surface area contributed by atoms with Crippen molar-refractivity contribution >= 4 is 28.4 Å². The first-order valence-electron chi connectivity index (χ1n) is 15.3. The van der Waals surface area contributed by atoms with Crippen LogP contribution in [0.1, 0.15) is 75.8 Å². The highest BCUT2D eigenvalue weighted by molar-refractivity contribution is 5.80. The molecule has 0 spiro atoms. The molecule has 0 atom stereocenters. The molecule has 0 aliphatic carbocycles. The number of nitrogen functional groups attached to an aromatic ring is 2. The molecule has 0 fully saturated rings. The molecule has 4 N–H and O–H groups in total. The fourth-order valence-electron chi connectivity index (χ4n) is 5.55. The summed E-state index contributed by atoms with van der Waals surface area (Å²) in [5, 5.41) is 0. The summed E-state index contributed by atoms with van der Waals surface area (Å²) in [4.78, 5) is 48.8. The molecular formula is C34H42F2N4O4. The molecule has 0 unspecified atom stereocenters. The first-order valence-corrected chi connectivity index (χ1v) is 15.3. The van der Waals surface area contributed by atoms with Crippen LogP contribution < -0.4 is 43.0 Å². The number of rotatable bonds is 4. The van der Waals surface area contributed by atoms with Crippen LogP contribution in [0.15, 0.2) is 55.6 Å². The Hall–Kier alpha value is -4.34. The van der Waals surface area contributed by atoms with Crippen LogP contribution in [-0.2, 0) is 31.7 Å². The Bertz CT molecular complexity index is 1760. The largest absolute Gasteiger partial charge is 0.394 e. The summed E-state index contributed by atoms with van der Waals surface area (Å²) in [6.45, 7) is 12.3. The molecule has 44 heavy (non-hydrogen) atoms. The summed E-state index contributed by atoms with van der Waals surface area (Å²) in [6.07, 6.45) is 3.66. The number of nitrogens with zero attached hydrogens (tertiary/aromatic N) is 2. The highest BCUT2D eigenvalue weighted by atomic mass is 19.3. The Balaban J connectivity index is 0.000000217. The smallest absolute Gasteiger partial charge is 0.290 e. The van der Waals surface area contributed by atoms with Gasteiger partial charge >= 0.3 is 0 Å². The summed E-state index contributed by atoms with van der Waals surface area (Å²) in [5.41, 5.74) is 13.7. The van der Waals surface area contributed by atoms with E-state index in [0.717, 1.165) is 43.5 Å². The maximum absolute atomic E-state index is 14.3. The van der Waals surface area contributed by atoms with Crippen molar-refractivity contribution in [3.8, 4) is 0 Å². The van der Waals surface area contributed by atoms with Gasteiger partial charge in [0.1, 0.15) is 22.7 Å². The molecule has 8 nitrogen and oxygen atoms in total. The maximum atomic E-state index is 14.3. The Morgan fingerprint density at radius 1 is 0.750 bits per heavy atom. The number of halogens is 2. The predicted octanol–water partition coefficient (Wildman–Crippen LogP) is 5.10. The van der Waals surface area contributed by atoms with Gasteiger partial charge < -0.3 is 21.3 Å². The molecule has 4 aromatic carbocycles. The second kappa shape index (κ2) is 14.0. The zero-order valence-corrected chi connectivity index (χ0v) is 26.4. The summed E-state index contributed by atoms with van der Waals surface area (Å²) >= 11 is 0. The molecule has 10 heteroatoms. The van der Waals surface area contributed by atoms with E-state index >= 15 is 0 Å². The minimum absolute atomic E-state index is 0.0202. The minimum atomic E-state index is -3.08. The minimum Gasteiger partial charge on any atom is -0.394 e. The number of hydrogen-bond acceptors (Lipinski definition) is 8. The Morgan fingerprint density at radius 2 is 1.30 bits per heavy atom. The normalized spacial score (nSPS) is 14.7. The molecule has 0 bridgehead atoms. The van der Waals surface area contributed by atoms with E-state index in [1.54, 1.807) is 12.1 Å². The molecule has 0 amide bonds. The molecule has 2 aliphatic rings. The lowest BCUT2D eigenvalue weighted by atomic mass is 9.93. The fourth-order valence-corrected chi connectivity index (χ4v) is 5.55. The van der Waals surface area contributed by atoms with E-state index in [1.165, 1.54) is 22.1 Å². The van der Waals surface area contributed by atoms with Gasteiger partial charge in [-0.25, -0.2) is 0 Å². The summed E-state index contributed by atoms with van der Waals surface area (Å²) < 4.78 is 28.5. The van der Waals surface area contributed by atoms with Gasteiger partial charge in [-0.15, -0.1) is 0 Å². The van der Waals surface area contributed by atoms with E-state index in [2.05, 4.69) is 25.1 Å². The number of benzene rings is 2. The van der Waals surface area contributed by atoms with Gasteiger partial charge in [-0.2, -0.15) is 8.78 Å². The van der Waals surface area contributed by atoms with Crippen molar-refractivity contribution in [3.05, 3.63) is 105 Å². The zero-order chi connectivity index (χ0) is 32.9. The number of alkyl halides is 2. The lowest BCUT2D eigenvalue weighted by molar-refractivity contribution is -0.00251. The highest BCUT2D eigenvalue weighted by Gasteiger charge is 2.42. The molecule has 2 aliphatic heterocycles. The van der Waals surface area contributed by atoms with Crippen molar-refractivity contribution < 1.29 is 8.78 Å². The van der Waals surface area contributed by atoms with Crippen LogP contribution >= 0.6 is 0 Å². The summed E-state index contributed by atoms with van der Waals surface area (Å²) in [7, 11) is 0. The van der Waals surface area contributed by atoms with Gasteiger partial charge in [0, 0.05) is 24.3 Å². The Labute approximate surface area is 256 Å². The third kappa shape index (κ3) is 6.16. The summed E-state index contributed by atoms with van der Waals surface area (Å²) in [5.74, 6) is -3.08. The van der Waals surface area contributed by atoms with Crippen LogP contribution in [0.2, 0.25) is 0 Å². The van der Waals surface area contributed by atoms with E-state index in [1.807, 2.05) is 39.5 Å². The zero-order valence-electron chi connectivity index (χ0n) is 26.4. The van der Waals surface area contributed by atoms with Gasteiger partial charge in [0.15, 0.2) is 0 Å². The number of fused-ring (bicyclic) bond motifs is 2. The van der Waals surface area contributed by atoms with Gasteiger partial charge in [-0.1, -0.05) is 71.9 Å². The second-order valence-corrected chi connectivity index (χ2v) is 10.3. The fraction of sp³-hybridized carbons (Fsp3) is 0.412. The van der Waals surface area contributed by atoms with E-state index in [-0.39, 0.29) is 29.2 Å². The second-order valence-electron chi connectivity index (χ2n) is 10.3. The lowest BCUT2D eigenvalue weighted by Gasteiger charge is -2.36.